The number of aromatic amines is 1. The first kappa shape index (κ1) is 19.3. The van der Waals surface area contributed by atoms with Crippen molar-refractivity contribution in [3.05, 3.63) is 112 Å². The van der Waals surface area contributed by atoms with E-state index in [0.717, 1.165) is 50.2 Å². The third-order valence-electron chi connectivity index (χ3n) is 6.03. The van der Waals surface area contributed by atoms with Crippen molar-refractivity contribution in [1.29, 1.82) is 0 Å². The molecule has 1 aliphatic rings. The maximum Gasteiger partial charge on any atom is 0.439 e. The molecule has 0 atom stereocenters. The molecule has 33 heavy (non-hydrogen) atoms. The fourth-order valence-corrected chi connectivity index (χ4v) is 4.46. The minimum Gasteiger partial charge on any atom is -0.488 e. The molecule has 0 amide bonds. The number of ether oxygens (including phenoxy) is 1. The molecule has 0 saturated heterocycles. The zero-order valence-corrected chi connectivity index (χ0v) is 17.9. The smallest absolute Gasteiger partial charge is 0.439 e. The summed E-state index contributed by atoms with van der Waals surface area (Å²) >= 11 is 0. The first-order valence-electron chi connectivity index (χ1n) is 10.7. The average molecular weight is 436 g/mol. The summed E-state index contributed by atoms with van der Waals surface area (Å²) in [5.41, 5.74) is 8.06. The van der Waals surface area contributed by atoms with Crippen LogP contribution in [0.3, 0.4) is 0 Å². The predicted molar refractivity (Wildman–Crippen MR) is 125 cm³/mol. The van der Waals surface area contributed by atoms with E-state index in [2.05, 4.69) is 44.0 Å². The summed E-state index contributed by atoms with van der Waals surface area (Å²) in [6.45, 7) is 3.08. The van der Waals surface area contributed by atoms with E-state index in [1.807, 2.05) is 55.7 Å². The molecule has 1 aliphatic heterocycles. The fraction of sp³-hybridized carbons (Fsp3) is 0.115. The second kappa shape index (κ2) is 7.63. The Morgan fingerprint density at radius 2 is 1.91 bits per heavy atom. The van der Waals surface area contributed by atoms with E-state index >= 15 is 0 Å². The van der Waals surface area contributed by atoms with Crippen molar-refractivity contribution < 1.29 is 9.26 Å². The van der Waals surface area contributed by atoms with E-state index in [9.17, 15) is 4.79 Å². The Kier molecular flexibility index (Phi) is 4.47. The van der Waals surface area contributed by atoms with Crippen LogP contribution in [0.2, 0.25) is 0 Å². The van der Waals surface area contributed by atoms with Gasteiger partial charge < -0.3 is 9.30 Å². The van der Waals surface area contributed by atoms with Crippen molar-refractivity contribution in [2.75, 3.05) is 0 Å². The third kappa shape index (κ3) is 3.34. The highest BCUT2D eigenvalue weighted by molar-refractivity contribution is 5.99. The highest BCUT2D eigenvalue weighted by Gasteiger charge is 2.23. The van der Waals surface area contributed by atoms with Crippen molar-refractivity contribution >= 4 is 22.2 Å². The van der Waals surface area contributed by atoms with Crippen molar-refractivity contribution in [3.63, 3.8) is 0 Å². The normalized spacial score (nSPS) is 14.3. The number of hydrogen-bond acceptors (Lipinski definition) is 5. The van der Waals surface area contributed by atoms with Crippen LogP contribution in [-0.2, 0) is 13.2 Å². The second-order valence-corrected chi connectivity index (χ2v) is 8.08. The molecule has 2 aromatic heterocycles. The zero-order valence-electron chi connectivity index (χ0n) is 17.9. The van der Waals surface area contributed by atoms with Gasteiger partial charge in [-0.3, -0.25) is 9.51 Å². The van der Waals surface area contributed by atoms with E-state index in [1.54, 1.807) is 0 Å². The van der Waals surface area contributed by atoms with Gasteiger partial charge in [-0.05, 0) is 53.5 Å². The number of fused-ring (bicyclic) bond motifs is 3. The summed E-state index contributed by atoms with van der Waals surface area (Å²) in [7, 11) is 0. The number of aromatic nitrogens is 4. The van der Waals surface area contributed by atoms with E-state index < -0.39 is 5.76 Å². The van der Waals surface area contributed by atoms with Gasteiger partial charge in [-0.25, -0.2) is 9.78 Å². The van der Waals surface area contributed by atoms with Gasteiger partial charge in [0.2, 0.25) is 0 Å². The molecule has 7 heteroatoms. The van der Waals surface area contributed by atoms with Crippen LogP contribution in [0.5, 0.6) is 5.75 Å². The van der Waals surface area contributed by atoms with Crippen LogP contribution in [0.15, 0.2) is 82.4 Å². The van der Waals surface area contributed by atoms with Crippen molar-refractivity contribution in [1.82, 2.24) is 19.7 Å². The quantitative estimate of drug-likeness (QED) is 0.446. The standard InChI is InChI=1S/C26H20N4O3/c1-16(25-28-26(31)33-29-25)24-19-11-10-17(13-30-15-27-21-7-3-4-8-22(21)30)12-18(19)14-32-23-9-5-2-6-20(23)24/h2-12,15H,13-14H2,1H3,(H,28,29,31)/b24-16-. The molecule has 0 radical (unpaired) electrons. The number of allylic oxidation sites excluding steroid dienone is 1. The van der Waals surface area contributed by atoms with Crippen LogP contribution in [0.25, 0.3) is 22.2 Å². The lowest BCUT2D eigenvalue weighted by Crippen LogP contribution is -2.03. The van der Waals surface area contributed by atoms with Crippen LogP contribution in [0.4, 0.5) is 0 Å². The number of H-pyrrole nitrogens is 1. The number of benzene rings is 3. The molecule has 6 rings (SSSR count). The molecule has 3 aromatic carbocycles. The summed E-state index contributed by atoms with van der Waals surface area (Å²) in [6.07, 6.45) is 1.87. The van der Waals surface area contributed by atoms with Gasteiger partial charge in [-0.1, -0.05) is 47.6 Å². The Labute approximate surface area is 189 Å². The van der Waals surface area contributed by atoms with Crippen LogP contribution in [0.1, 0.15) is 35.0 Å². The zero-order chi connectivity index (χ0) is 22.4. The molecule has 3 heterocycles. The summed E-state index contributed by atoms with van der Waals surface area (Å²) in [5, 5.41) is 3.91. The molecule has 0 bridgehead atoms. The average Bonchev–Trinajstić information content (AvgIpc) is 3.41. The highest BCUT2D eigenvalue weighted by Crippen LogP contribution is 2.40. The van der Waals surface area contributed by atoms with Crippen LogP contribution in [0, 0.1) is 0 Å². The number of imidazole rings is 1. The molecule has 0 aliphatic carbocycles. The largest absolute Gasteiger partial charge is 0.488 e. The summed E-state index contributed by atoms with van der Waals surface area (Å²) in [5.74, 6) is 0.619. The molecule has 1 N–H and O–H groups in total. The monoisotopic (exact) mass is 436 g/mol. The Balaban J connectivity index is 1.48. The van der Waals surface area contributed by atoms with Gasteiger partial charge in [0.15, 0.2) is 5.82 Å². The Hall–Kier alpha value is -4.39. The minimum absolute atomic E-state index is 0.409. The maximum atomic E-state index is 11.6. The van der Waals surface area contributed by atoms with Gasteiger partial charge >= 0.3 is 5.76 Å². The SMILES string of the molecule is C/C(=C1\c2ccc(Cn3cnc4ccccc43)cc2COc2ccccc21)c1noc(=O)[nH]1. The van der Waals surface area contributed by atoms with Gasteiger partial charge in [-0.2, -0.15) is 0 Å². The predicted octanol–water partition coefficient (Wildman–Crippen LogP) is 4.63. The summed E-state index contributed by atoms with van der Waals surface area (Å²) in [6, 6.07) is 22.4. The van der Waals surface area contributed by atoms with Gasteiger partial charge in [-0.15, -0.1) is 0 Å². The van der Waals surface area contributed by atoms with Crippen molar-refractivity contribution in [3.8, 4) is 5.75 Å². The molecule has 0 spiro atoms. The van der Waals surface area contributed by atoms with Crippen LogP contribution < -0.4 is 10.5 Å². The third-order valence-corrected chi connectivity index (χ3v) is 6.03. The summed E-state index contributed by atoms with van der Waals surface area (Å²) in [4.78, 5) is 18.8. The second-order valence-electron chi connectivity index (χ2n) is 8.08. The van der Waals surface area contributed by atoms with E-state index in [-0.39, 0.29) is 0 Å². The van der Waals surface area contributed by atoms with Crippen LogP contribution >= 0.6 is 0 Å². The lowest BCUT2D eigenvalue weighted by molar-refractivity contribution is 0.307. The molecular weight excluding hydrogens is 416 g/mol. The Bertz CT molecular complexity index is 1590. The first-order valence-corrected chi connectivity index (χ1v) is 10.7. The first-order chi connectivity index (χ1) is 16.2. The highest BCUT2D eigenvalue weighted by atomic mass is 16.5. The van der Waals surface area contributed by atoms with Crippen molar-refractivity contribution in [2.45, 2.75) is 20.1 Å². The van der Waals surface area contributed by atoms with Gasteiger partial charge in [0, 0.05) is 17.7 Å². The molecule has 5 aromatic rings. The van der Waals surface area contributed by atoms with Gasteiger partial charge in [0.05, 0.1) is 17.4 Å². The topological polar surface area (TPSA) is 85.9 Å². The number of nitrogens with zero attached hydrogens (tertiary/aromatic N) is 3. The van der Waals surface area contributed by atoms with Crippen LogP contribution in [-0.4, -0.2) is 19.7 Å². The molecule has 0 saturated carbocycles. The number of nitrogens with one attached hydrogen (secondary N) is 1. The lowest BCUT2D eigenvalue weighted by Gasteiger charge is -2.14. The molecular formula is C26H20N4O3. The van der Waals surface area contributed by atoms with Crippen molar-refractivity contribution in [2.24, 2.45) is 0 Å². The minimum atomic E-state index is -0.578. The van der Waals surface area contributed by atoms with Gasteiger partial charge in [0.25, 0.3) is 0 Å². The number of hydrogen-bond donors (Lipinski definition) is 1. The van der Waals surface area contributed by atoms with E-state index in [1.165, 1.54) is 0 Å². The maximum absolute atomic E-state index is 11.6. The van der Waals surface area contributed by atoms with E-state index in [4.69, 9.17) is 9.26 Å². The lowest BCUT2D eigenvalue weighted by atomic mass is 9.89. The summed E-state index contributed by atoms with van der Waals surface area (Å²) < 4.78 is 13.1. The van der Waals surface area contributed by atoms with Gasteiger partial charge in [0.1, 0.15) is 12.4 Å². The Morgan fingerprint density at radius 3 is 2.79 bits per heavy atom. The van der Waals surface area contributed by atoms with E-state index in [0.29, 0.717) is 19.0 Å². The Morgan fingerprint density at radius 1 is 1.06 bits per heavy atom. The molecule has 162 valence electrons. The molecule has 0 unspecified atom stereocenters. The number of rotatable bonds is 3. The molecule has 0 fully saturated rings. The molecule has 7 nitrogen and oxygen atoms in total. The fourth-order valence-electron chi connectivity index (χ4n) is 4.46. The number of para-hydroxylation sites is 3.